The van der Waals surface area contributed by atoms with Crippen molar-refractivity contribution in [1.29, 1.82) is 0 Å². The Morgan fingerprint density at radius 1 is 1.11 bits per heavy atom. The van der Waals surface area contributed by atoms with Gasteiger partial charge in [0.15, 0.2) is 0 Å². The van der Waals surface area contributed by atoms with Gasteiger partial charge in [-0.2, -0.15) is 0 Å². The van der Waals surface area contributed by atoms with Crippen LogP contribution in [0.3, 0.4) is 0 Å². The molecule has 2 heterocycles. The van der Waals surface area contributed by atoms with Crippen LogP contribution in [0.25, 0.3) is 0 Å². The summed E-state index contributed by atoms with van der Waals surface area (Å²) in [6.45, 7) is 0.340. The zero-order valence-corrected chi connectivity index (χ0v) is 15.3. The van der Waals surface area contributed by atoms with Crippen molar-refractivity contribution in [2.24, 2.45) is 0 Å². The molecule has 0 unspecified atom stereocenters. The summed E-state index contributed by atoms with van der Waals surface area (Å²) in [5.74, 6) is -1.37. The van der Waals surface area contributed by atoms with Crippen molar-refractivity contribution in [3.63, 3.8) is 0 Å². The molecule has 0 saturated heterocycles. The number of aromatic nitrogens is 1. The molecule has 3 rings (SSSR count). The predicted octanol–water partition coefficient (Wildman–Crippen LogP) is 1.56. The molecule has 8 nitrogen and oxygen atoms in total. The first-order valence-electron chi connectivity index (χ1n) is 8.76. The minimum Gasteiger partial charge on any atom is -0.465 e. The molecule has 0 fully saturated rings. The van der Waals surface area contributed by atoms with Crippen LogP contribution in [0.2, 0.25) is 0 Å². The Morgan fingerprint density at radius 2 is 1.79 bits per heavy atom. The highest BCUT2D eigenvalue weighted by atomic mass is 16.5. The summed E-state index contributed by atoms with van der Waals surface area (Å²) in [5, 5.41) is 2.71. The van der Waals surface area contributed by atoms with Gasteiger partial charge in [0, 0.05) is 19.2 Å². The standard InChI is InChI=1S/C20H19N3O5/c1-28-20(27)13-8-9-21-14(11-13)12-22-17(24)7-4-10-23-18(25)15-5-2-3-6-16(15)19(23)26/h2-3,5-6,8-9,11H,4,7,10,12H2,1H3,(H,22,24). The van der Waals surface area contributed by atoms with E-state index in [4.69, 9.17) is 0 Å². The molecule has 0 radical (unpaired) electrons. The lowest BCUT2D eigenvalue weighted by Crippen LogP contribution is -2.32. The van der Waals surface area contributed by atoms with E-state index >= 15 is 0 Å². The zero-order valence-electron chi connectivity index (χ0n) is 15.3. The van der Waals surface area contributed by atoms with Gasteiger partial charge in [-0.05, 0) is 30.7 Å². The molecule has 1 aliphatic rings. The lowest BCUT2D eigenvalue weighted by molar-refractivity contribution is -0.121. The van der Waals surface area contributed by atoms with Gasteiger partial charge in [-0.15, -0.1) is 0 Å². The molecule has 1 aliphatic heterocycles. The van der Waals surface area contributed by atoms with E-state index in [1.807, 2.05) is 0 Å². The number of hydrogen-bond donors (Lipinski definition) is 1. The van der Waals surface area contributed by atoms with Crippen molar-refractivity contribution < 1.29 is 23.9 Å². The third kappa shape index (κ3) is 4.06. The molecular weight excluding hydrogens is 362 g/mol. The Balaban J connectivity index is 1.46. The number of ether oxygens (including phenoxy) is 1. The van der Waals surface area contributed by atoms with Crippen molar-refractivity contribution in [3.05, 3.63) is 65.0 Å². The van der Waals surface area contributed by atoms with E-state index in [1.165, 1.54) is 24.3 Å². The first kappa shape index (κ1) is 19.2. The number of pyridine rings is 1. The number of imide groups is 1. The van der Waals surface area contributed by atoms with Gasteiger partial charge in [0.25, 0.3) is 11.8 Å². The van der Waals surface area contributed by atoms with Crippen LogP contribution in [0, 0.1) is 0 Å². The van der Waals surface area contributed by atoms with E-state index in [9.17, 15) is 19.2 Å². The van der Waals surface area contributed by atoms with Gasteiger partial charge in [-0.3, -0.25) is 24.3 Å². The van der Waals surface area contributed by atoms with Crippen LogP contribution in [0.4, 0.5) is 0 Å². The largest absolute Gasteiger partial charge is 0.465 e. The van der Waals surface area contributed by atoms with Gasteiger partial charge in [-0.25, -0.2) is 4.79 Å². The van der Waals surface area contributed by atoms with E-state index in [-0.39, 0.29) is 37.2 Å². The molecule has 1 N–H and O–H groups in total. The zero-order chi connectivity index (χ0) is 20.1. The summed E-state index contributed by atoms with van der Waals surface area (Å²) in [7, 11) is 1.29. The third-order valence-electron chi connectivity index (χ3n) is 4.37. The van der Waals surface area contributed by atoms with Crippen molar-refractivity contribution >= 4 is 23.7 Å². The average Bonchev–Trinajstić information content (AvgIpc) is 2.97. The monoisotopic (exact) mass is 381 g/mol. The Bertz CT molecular complexity index is 906. The number of hydrogen-bond acceptors (Lipinski definition) is 6. The second kappa shape index (κ2) is 8.43. The number of nitrogens with one attached hydrogen (secondary N) is 1. The summed E-state index contributed by atoms with van der Waals surface area (Å²) in [4.78, 5) is 53.3. The van der Waals surface area contributed by atoms with Crippen LogP contribution in [0.15, 0.2) is 42.6 Å². The highest BCUT2D eigenvalue weighted by molar-refractivity contribution is 6.21. The van der Waals surface area contributed by atoms with Gasteiger partial charge in [-0.1, -0.05) is 12.1 Å². The Labute approximate surface area is 161 Å². The molecule has 0 bridgehead atoms. The maximum absolute atomic E-state index is 12.3. The van der Waals surface area contributed by atoms with E-state index in [0.29, 0.717) is 28.8 Å². The smallest absolute Gasteiger partial charge is 0.337 e. The van der Waals surface area contributed by atoms with Crippen molar-refractivity contribution in [1.82, 2.24) is 15.2 Å². The lowest BCUT2D eigenvalue weighted by atomic mass is 10.1. The van der Waals surface area contributed by atoms with E-state index < -0.39 is 5.97 Å². The fraction of sp³-hybridized carbons (Fsp3) is 0.250. The van der Waals surface area contributed by atoms with Crippen LogP contribution in [-0.4, -0.2) is 47.2 Å². The number of methoxy groups -OCH3 is 1. The van der Waals surface area contributed by atoms with Crippen LogP contribution in [0.5, 0.6) is 0 Å². The molecular formula is C20H19N3O5. The van der Waals surface area contributed by atoms with Crippen LogP contribution in [0.1, 0.15) is 49.6 Å². The molecule has 144 valence electrons. The molecule has 0 spiro atoms. The number of benzene rings is 1. The molecule has 28 heavy (non-hydrogen) atoms. The predicted molar refractivity (Wildman–Crippen MR) is 98.5 cm³/mol. The van der Waals surface area contributed by atoms with E-state index in [1.54, 1.807) is 30.3 Å². The Kier molecular flexibility index (Phi) is 5.78. The second-order valence-corrected chi connectivity index (χ2v) is 6.22. The first-order valence-corrected chi connectivity index (χ1v) is 8.76. The normalized spacial score (nSPS) is 12.7. The highest BCUT2D eigenvalue weighted by Crippen LogP contribution is 2.22. The lowest BCUT2D eigenvalue weighted by Gasteiger charge is -2.13. The quantitative estimate of drug-likeness (QED) is 0.576. The molecule has 1 aromatic heterocycles. The Morgan fingerprint density at radius 3 is 2.43 bits per heavy atom. The number of esters is 1. The van der Waals surface area contributed by atoms with E-state index in [0.717, 1.165) is 0 Å². The van der Waals surface area contributed by atoms with Gasteiger partial charge < -0.3 is 10.1 Å². The van der Waals surface area contributed by atoms with Gasteiger partial charge in [0.05, 0.1) is 36.0 Å². The molecule has 0 atom stereocenters. The molecule has 2 aromatic rings. The maximum atomic E-state index is 12.3. The summed E-state index contributed by atoms with van der Waals surface area (Å²) >= 11 is 0. The number of rotatable bonds is 7. The van der Waals surface area contributed by atoms with E-state index in [2.05, 4.69) is 15.0 Å². The second-order valence-electron chi connectivity index (χ2n) is 6.22. The average molecular weight is 381 g/mol. The molecule has 1 aromatic carbocycles. The number of carbonyl (C=O) groups excluding carboxylic acids is 4. The summed E-state index contributed by atoms with van der Waals surface area (Å²) < 4.78 is 4.65. The van der Waals surface area contributed by atoms with Crippen molar-refractivity contribution in [2.75, 3.05) is 13.7 Å². The first-order chi connectivity index (χ1) is 13.5. The minimum atomic E-state index is -0.476. The Hall–Kier alpha value is -3.55. The fourth-order valence-corrected chi connectivity index (χ4v) is 2.94. The van der Waals surface area contributed by atoms with Gasteiger partial charge in [0.2, 0.25) is 5.91 Å². The SMILES string of the molecule is COC(=O)c1ccnc(CNC(=O)CCCN2C(=O)c3ccccc3C2=O)c1. The van der Waals surface area contributed by atoms with Gasteiger partial charge in [0.1, 0.15) is 0 Å². The fourth-order valence-electron chi connectivity index (χ4n) is 2.94. The van der Waals surface area contributed by atoms with Crippen LogP contribution < -0.4 is 5.32 Å². The van der Waals surface area contributed by atoms with Crippen LogP contribution in [-0.2, 0) is 16.1 Å². The summed E-state index contributed by atoms with van der Waals surface area (Å²) in [6.07, 6.45) is 1.98. The number of nitrogens with zero attached hydrogens (tertiary/aromatic N) is 2. The number of fused-ring (bicyclic) bond motifs is 1. The molecule has 8 heteroatoms. The topological polar surface area (TPSA) is 106 Å². The number of carbonyl (C=O) groups is 4. The third-order valence-corrected chi connectivity index (χ3v) is 4.37. The molecule has 0 aliphatic carbocycles. The highest BCUT2D eigenvalue weighted by Gasteiger charge is 2.34. The van der Waals surface area contributed by atoms with Crippen molar-refractivity contribution in [3.8, 4) is 0 Å². The maximum Gasteiger partial charge on any atom is 0.337 e. The molecule has 3 amide bonds. The summed E-state index contributed by atoms with van der Waals surface area (Å²) in [6, 6.07) is 9.74. The van der Waals surface area contributed by atoms with Gasteiger partial charge >= 0.3 is 5.97 Å². The number of amides is 3. The van der Waals surface area contributed by atoms with Crippen LogP contribution >= 0.6 is 0 Å². The molecule has 0 saturated carbocycles. The van der Waals surface area contributed by atoms with Crippen molar-refractivity contribution in [2.45, 2.75) is 19.4 Å². The minimum absolute atomic E-state index is 0.157. The summed E-state index contributed by atoms with van der Waals surface area (Å²) in [5.41, 5.74) is 1.67.